The molecule has 6 nitrogen and oxygen atoms in total. The van der Waals surface area contributed by atoms with Crippen LogP contribution in [0.3, 0.4) is 0 Å². The zero-order valence-corrected chi connectivity index (χ0v) is 16.9. The highest BCUT2D eigenvalue weighted by atomic mass is 35.5. The Kier molecular flexibility index (Phi) is 8.28. The molecule has 0 saturated carbocycles. The quantitative estimate of drug-likeness (QED) is 0.789. The molecule has 0 spiro atoms. The number of halogens is 1. The first-order chi connectivity index (χ1) is 13.0. The van der Waals surface area contributed by atoms with Crippen LogP contribution in [0.25, 0.3) is 0 Å². The number of morpholine rings is 1. The molecule has 2 aromatic rings. The van der Waals surface area contributed by atoms with E-state index >= 15 is 0 Å². The Balaban J connectivity index is 0.000000817. The molecule has 1 N–H and O–H groups in total. The van der Waals surface area contributed by atoms with Gasteiger partial charge in [-0.1, -0.05) is 42.8 Å². The summed E-state index contributed by atoms with van der Waals surface area (Å²) < 4.78 is 7.21. The maximum absolute atomic E-state index is 8.36. The standard InChI is InChI=1S/C19H26ClN3O.CH2O2/c1-4-18-17(19(20)22(3)21-18)13-15-5-7-16(8-6-15)14(2)23-9-11-24-12-10-23;2-1-3/h5-8,14H,4,9-13H2,1-3H3;1H,(H,2,3). The van der Waals surface area contributed by atoms with Crippen molar-refractivity contribution in [3.8, 4) is 0 Å². The summed E-state index contributed by atoms with van der Waals surface area (Å²) in [6, 6.07) is 9.34. The monoisotopic (exact) mass is 393 g/mol. The summed E-state index contributed by atoms with van der Waals surface area (Å²) in [6.45, 7) is 7.83. The zero-order valence-electron chi connectivity index (χ0n) is 16.2. The van der Waals surface area contributed by atoms with Crippen LogP contribution in [0.4, 0.5) is 0 Å². The molecule has 0 radical (unpaired) electrons. The van der Waals surface area contributed by atoms with Crippen LogP contribution >= 0.6 is 11.6 Å². The van der Waals surface area contributed by atoms with Gasteiger partial charge in [0.1, 0.15) is 5.15 Å². The van der Waals surface area contributed by atoms with Crippen molar-refractivity contribution in [1.82, 2.24) is 14.7 Å². The molecular formula is C20H28ClN3O3. The fourth-order valence-corrected chi connectivity index (χ4v) is 3.57. The van der Waals surface area contributed by atoms with Gasteiger partial charge in [0.15, 0.2) is 0 Å². The average Bonchev–Trinajstić information content (AvgIpc) is 2.97. The highest BCUT2D eigenvalue weighted by Crippen LogP contribution is 2.25. The summed E-state index contributed by atoms with van der Waals surface area (Å²) in [5.41, 5.74) is 4.87. The van der Waals surface area contributed by atoms with Gasteiger partial charge in [0, 0.05) is 38.2 Å². The van der Waals surface area contributed by atoms with Gasteiger partial charge in [-0.15, -0.1) is 0 Å². The Morgan fingerprint density at radius 2 is 1.89 bits per heavy atom. The summed E-state index contributed by atoms with van der Waals surface area (Å²) in [5.74, 6) is 0. The topological polar surface area (TPSA) is 67.6 Å². The maximum atomic E-state index is 8.36. The maximum Gasteiger partial charge on any atom is 0.290 e. The van der Waals surface area contributed by atoms with Crippen LogP contribution < -0.4 is 0 Å². The smallest absolute Gasteiger partial charge is 0.290 e. The van der Waals surface area contributed by atoms with Crippen LogP contribution in [-0.4, -0.2) is 52.6 Å². The highest BCUT2D eigenvalue weighted by molar-refractivity contribution is 6.30. The van der Waals surface area contributed by atoms with E-state index in [2.05, 4.69) is 48.1 Å². The third-order valence-corrected chi connectivity index (χ3v) is 5.40. The number of carbonyl (C=O) groups is 1. The van der Waals surface area contributed by atoms with E-state index in [1.54, 1.807) is 4.68 Å². The van der Waals surface area contributed by atoms with Crippen LogP contribution in [0.5, 0.6) is 0 Å². The van der Waals surface area contributed by atoms with Crippen molar-refractivity contribution < 1.29 is 14.6 Å². The SMILES string of the molecule is CCc1nn(C)c(Cl)c1Cc1ccc(C(C)N2CCOCC2)cc1.O=CO. The lowest BCUT2D eigenvalue weighted by Crippen LogP contribution is -2.37. The van der Waals surface area contributed by atoms with E-state index in [1.165, 1.54) is 11.1 Å². The van der Waals surface area contributed by atoms with Crippen LogP contribution in [0.2, 0.25) is 5.15 Å². The minimum absolute atomic E-state index is 0.250. The van der Waals surface area contributed by atoms with E-state index in [4.69, 9.17) is 26.2 Å². The second-order valence-electron chi connectivity index (χ2n) is 6.54. The highest BCUT2D eigenvalue weighted by Gasteiger charge is 2.19. The van der Waals surface area contributed by atoms with E-state index < -0.39 is 0 Å². The normalized spacial score (nSPS) is 15.7. The molecule has 1 aliphatic rings. The molecule has 0 bridgehead atoms. The van der Waals surface area contributed by atoms with Crippen LogP contribution in [0.15, 0.2) is 24.3 Å². The molecule has 7 heteroatoms. The molecular weight excluding hydrogens is 366 g/mol. The van der Waals surface area contributed by atoms with Crippen molar-refractivity contribution in [3.63, 3.8) is 0 Å². The Hall–Kier alpha value is -1.89. The first-order valence-electron chi connectivity index (χ1n) is 9.20. The molecule has 1 aromatic heterocycles. The molecule has 1 aliphatic heterocycles. The largest absolute Gasteiger partial charge is 0.483 e. The first kappa shape index (κ1) is 21.4. The van der Waals surface area contributed by atoms with E-state index in [9.17, 15) is 0 Å². The predicted molar refractivity (Wildman–Crippen MR) is 106 cm³/mol. The van der Waals surface area contributed by atoms with E-state index in [0.29, 0.717) is 6.04 Å². The summed E-state index contributed by atoms with van der Waals surface area (Å²) in [7, 11) is 1.90. The number of ether oxygens (including phenoxy) is 1. The van der Waals surface area contributed by atoms with Gasteiger partial charge < -0.3 is 9.84 Å². The number of hydrogen-bond donors (Lipinski definition) is 1. The number of aromatic nitrogens is 2. The van der Waals surface area contributed by atoms with E-state index in [-0.39, 0.29) is 6.47 Å². The lowest BCUT2D eigenvalue weighted by Gasteiger charge is -2.32. The summed E-state index contributed by atoms with van der Waals surface area (Å²) in [5, 5.41) is 12.1. The summed E-state index contributed by atoms with van der Waals surface area (Å²) in [4.78, 5) is 10.8. The molecule has 1 saturated heterocycles. The van der Waals surface area contributed by atoms with Crippen LogP contribution in [0, 0.1) is 0 Å². The van der Waals surface area contributed by atoms with Gasteiger partial charge in [-0.25, -0.2) is 0 Å². The van der Waals surface area contributed by atoms with Crippen LogP contribution in [-0.2, 0) is 29.4 Å². The Labute approximate surface area is 165 Å². The van der Waals surface area contributed by atoms with Gasteiger partial charge in [-0.05, 0) is 24.5 Å². The minimum Gasteiger partial charge on any atom is -0.483 e. The second kappa shape index (κ2) is 10.4. The zero-order chi connectivity index (χ0) is 19.8. The van der Waals surface area contributed by atoms with Crippen molar-refractivity contribution >= 4 is 18.1 Å². The van der Waals surface area contributed by atoms with Gasteiger partial charge in [-0.2, -0.15) is 5.10 Å². The lowest BCUT2D eigenvalue weighted by molar-refractivity contribution is -0.122. The Bertz CT molecular complexity index is 725. The average molecular weight is 394 g/mol. The van der Waals surface area contributed by atoms with Crippen LogP contribution in [0.1, 0.15) is 42.3 Å². The first-order valence-corrected chi connectivity index (χ1v) is 9.58. The number of benzene rings is 1. The van der Waals surface area contributed by atoms with Gasteiger partial charge in [0.2, 0.25) is 0 Å². The van der Waals surface area contributed by atoms with E-state index in [1.807, 2.05) is 7.05 Å². The van der Waals surface area contributed by atoms with E-state index in [0.717, 1.165) is 55.6 Å². The molecule has 148 valence electrons. The molecule has 1 aromatic carbocycles. The number of nitrogens with zero attached hydrogens (tertiary/aromatic N) is 3. The molecule has 0 aliphatic carbocycles. The third kappa shape index (κ3) is 5.54. The third-order valence-electron chi connectivity index (χ3n) is 4.92. The molecule has 1 unspecified atom stereocenters. The van der Waals surface area contributed by atoms with Crippen molar-refractivity contribution in [2.45, 2.75) is 32.7 Å². The fraction of sp³-hybridized carbons (Fsp3) is 0.500. The van der Waals surface area contributed by atoms with Gasteiger partial charge in [0.05, 0.1) is 18.9 Å². The Morgan fingerprint density at radius 3 is 2.44 bits per heavy atom. The molecule has 0 amide bonds. The van der Waals surface area contributed by atoms with Crippen molar-refractivity contribution in [1.29, 1.82) is 0 Å². The van der Waals surface area contributed by atoms with Gasteiger partial charge in [-0.3, -0.25) is 14.4 Å². The van der Waals surface area contributed by atoms with Crippen molar-refractivity contribution in [3.05, 3.63) is 51.8 Å². The Morgan fingerprint density at radius 1 is 1.30 bits per heavy atom. The molecule has 1 atom stereocenters. The van der Waals surface area contributed by atoms with Gasteiger partial charge in [0.25, 0.3) is 6.47 Å². The predicted octanol–water partition coefficient (Wildman–Crippen LogP) is 3.32. The number of aryl methyl sites for hydroxylation is 2. The molecule has 2 heterocycles. The number of carboxylic acid groups (broad SMARTS) is 1. The van der Waals surface area contributed by atoms with Crippen molar-refractivity contribution in [2.24, 2.45) is 7.05 Å². The fourth-order valence-electron chi connectivity index (χ4n) is 3.35. The summed E-state index contributed by atoms with van der Waals surface area (Å²) >= 11 is 6.41. The van der Waals surface area contributed by atoms with Gasteiger partial charge >= 0.3 is 0 Å². The minimum atomic E-state index is -0.250. The summed E-state index contributed by atoms with van der Waals surface area (Å²) in [6.07, 6.45) is 1.74. The van der Waals surface area contributed by atoms with Crippen molar-refractivity contribution in [2.75, 3.05) is 26.3 Å². The molecule has 27 heavy (non-hydrogen) atoms. The number of rotatable bonds is 5. The second-order valence-corrected chi connectivity index (χ2v) is 6.90. The molecule has 3 rings (SSSR count). The molecule has 1 fully saturated rings. The lowest BCUT2D eigenvalue weighted by atomic mass is 10.00. The number of hydrogen-bond acceptors (Lipinski definition) is 4.